The third-order valence-corrected chi connectivity index (χ3v) is 5.29. The van der Waals surface area contributed by atoms with E-state index < -0.39 is 0 Å². The van der Waals surface area contributed by atoms with Crippen molar-refractivity contribution in [1.29, 1.82) is 0 Å². The Morgan fingerprint density at radius 2 is 1.53 bits per heavy atom. The maximum Gasteiger partial charge on any atom is 0.253 e. The molecular weight excluding hydrogens is 374 g/mol. The Labute approximate surface area is 178 Å². The molecule has 156 valence electrons. The number of anilines is 1. The summed E-state index contributed by atoms with van der Waals surface area (Å²) >= 11 is 0. The van der Waals surface area contributed by atoms with Crippen LogP contribution >= 0.6 is 0 Å². The van der Waals surface area contributed by atoms with Crippen LogP contribution in [-0.2, 0) is 4.79 Å². The highest BCUT2D eigenvalue weighted by Crippen LogP contribution is 2.23. The normalized spacial score (nSPS) is 10.7. The van der Waals surface area contributed by atoms with E-state index in [0.29, 0.717) is 5.56 Å². The molecule has 0 aliphatic rings. The van der Waals surface area contributed by atoms with E-state index in [9.17, 15) is 9.59 Å². The molecule has 30 heavy (non-hydrogen) atoms. The van der Waals surface area contributed by atoms with Gasteiger partial charge in [0.05, 0.1) is 12.1 Å². The number of rotatable bonds is 5. The van der Waals surface area contributed by atoms with Gasteiger partial charge in [0.2, 0.25) is 5.91 Å². The van der Waals surface area contributed by atoms with E-state index in [1.165, 1.54) is 0 Å². The minimum absolute atomic E-state index is 0.0836. The van der Waals surface area contributed by atoms with Gasteiger partial charge in [0.1, 0.15) is 0 Å². The van der Waals surface area contributed by atoms with Crippen LogP contribution in [0.4, 0.5) is 5.69 Å². The molecule has 0 spiro atoms. The Kier molecular flexibility index (Phi) is 6.11. The van der Waals surface area contributed by atoms with E-state index in [1.807, 2.05) is 77.9 Å². The standard InChI is InChI=1S/C25H29N3O2/c1-15-8-7-9-21(12-15)28-19(5)13-22(20(28)6)25(30)26-14-23(29)27-24-17(3)10-16(2)11-18(24)4/h7-13H,14H2,1-6H3,(H,26,30)(H,27,29). The zero-order chi connectivity index (χ0) is 22.0. The van der Waals surface area contributed by atoms with Crippen molar-refractivity contribution in [2.24, 2.45) is 0 Å². The van der Waals surface area contributed by atoms with Crippen LogP contribution in [0.25, 0.3) is 5.69 Å². The van der Waals surface area contributed by atoms with E-state index in [-0.39, 0.29) is 18.4 Å². The van der Waals surface area contributed by atoms with Crippen LogP contribution in [0.3, 0.4) is 0 Å². The summed E-state index contributed by atoms with van der Waals surface area (Å²) in [7, 11) is 0. The SMILES string of the molecule is Cc1cccc(-n2c(C)cc(C(=O)NCC(=O)Nc3c(C)cc(C)cc3C)c2C)c1. The Morgan fingerprint density at radius 3 is 2.17 bits per heavy atom. The smallest absolute Gasteiger partial charge is 0.253 e. The molecule has 0 fully saturated rings. The summed E-state index contributed by atoms with van der Waals surface area (Å²) in [6.07, 6.45) is 0. The molecular formula is C25H29N3O2. The fourth-order valence-electron chi connectivity index (χ4n) is 3.97. The molecule has 1 aromatic heterocycles. The molecule has 5 heteroatoms. The third-order valence-electron chi connectivity index (χ3n) is 5.29. The first-order valence-electron chi connectivity index (χ1n) is 10.1. The summed E-state index contributed by atoms with van der Waals surface area (Å²) < 4.78 is 2.06. The Hall–Kier alpha value is -3.34. The molecule has 2 amide bonds. The van der Waals surface area contributed by atoms with Crippen LogP contribution in [0.15, 0.2) is 42.5 Å². The first-order chi connectivity index (χ1) is 14.2. The summed E-state index contributed by atoms with van der Waals surface area (Å²) in [6, 6.07) is 14.1. The molecule has 0 unspecified atom stereocenters. The maximum absolute atomic E-state index is 12.8. The van der Waals surface area contributed by atoms with Crippen molar-refractivity contribution >= 4 is 17.5 Å². The molecule has 3 aromatic rings. The van der Waals surface area contributed by atoms with E-state index in [1.54, 1.807) is 0 Å². The lowest BCUT2D eigenvalue weighted by Crippen LogP contribution is -2.33. The summed E-state index contributed by atoms with van der Waals surface area (Å²) in [5.41, 5.74) is 8.54. The number of benzene rings is 2. The van der Waals surface area contributed by atoms with Crippen LogP contribution in [0, 0.1) is 41.5 Å². The first kappa shape index (κ1) is 21.4. The number of hydrogen-bond donors (Lipinski definition) is 2. The van der Waals surface area contributed by atoms with Crippen LogP contribution < -0.4 is 10.6 Å². The third kappa shape index (κ3) is 4.46. The number of aromatic nitrogens is 1. The van der Waals surface area contributed by atoms with E-state index in [2.05, 4.69) is 21.3 Å². The van der Waals surface area contributed by atoms with Gasteiger partial charge in [-0.2, -0.15) is 0 Å². The molecule has 0 bridgehead atoms. The summed E-state index contributed by atoms with van der Waals surface area (Å²) in [6.45, 7) is 11.8. The van der Waals surface area contributed by atoms with E-state index in [4.69, 9.17) is 0 Å². The predicted molar refractivity (Wildman–Crippen MR) is 122 cm³/mol. The molecule has 0 aliphatic carbocycles. The van der Waals surface area contributed by atoms with Crippen molar-refractivity contribution in [3.8, 4) is 5.69 Å². The molecule has 3 rings (SSSR count). The van der Waals surface area contributed by atoms with Crippen molar-refractivity contribution in [3.63, 3.8) is 0 Å². The topological polar surface area (TPSA) is 63.1 Å². The Balaban J connectivity index is 1.71. The number of nitrogens with one attached hydrogen (secondary N) is 2. The van der Waals surface area contributed by atoms with Crippen molar-refractivity contribution in [1.82, 2.24) is 9.88 Å². The Morgan fingerprint density at radius 1 is 0.867 bits per heavy atom. The Bertz CT molecular complexity index is 1100. The molecule has 0 atom stereocenters. The number of carbonyl (C=O) groups is 2. The zero-order valence-electron chi connectivity index (χ0n) is 18.5. The van der Waals surface area contributed by atoms with Gasteiger partial charge in [0.25, 0.3) is 5.91 Å². The lowest BCUT2D eigenvalue weighted by atomic mass is 10.1. The largest absolute Gasteiger partial charge is 0.343 e. The van der Waals surface area contributed by atoms with Gasteiger partial charge in [-0.3, -0.25) is 9.59 Å². The van der Waals surface area contributed by atoms with Gasteiger partial charge in [0.15, 0.2) is 0 Å². The maximum atomic E-state index is 12.8. The highest BCUT2D eigenvalue weighted by Gasteiger charge is 2.18. The summed E-state index contributed by atoms with van der Waals surface area (Å²) in [5, 5.41) is 5.67. The second-order valence-corrected chi connectivity index (χ2v) is 7.96. The zero-order valence-corrected chi connectivity index (χ0v) is 18.5. The highest BCUT2D eigenvalue weighted by atomic mass is 16.2. The van der Waals surface area contributed by atoms with Gasteiger partial charge < -0.3 is 15.2 Å². The molecule has 0 aliphatic heterocycles. The lowest BCUT2D eigenvalue weighted by molar-refractivity contribution is -0.115. The van der Waals surface area contributed by atoms with Gasteiger partial charge >= 0.3 is 0 Å². The lowest BCUT2D eigenvalue weighted by Gasteiger charge is -2.13. The quantitative estimate of drug-likeness (QED) is 0.649. The molecule has 5 nitrogen and oxygen atoms in total. The number of nitrogens with zero attached hydrogens (tertiary/aromatic N) is 1. The summed E-state index contributed by atoms with van der Waals surface area (Å²) in [5.74, 6) is -0.500. The number of hydrogen-bond acceptors (Lipinski definition) is 2. The van der Waals surface area contributed by atoms with E-state index >= 15 is 0 Å². The average molecular weight is 404 g/mol. The van der Waals surface area contributed by atoms with Crippen molar-refractivity contribution in [3.05, 3.63) is 81.7 Å². The monoisotopic (exact) mass is 403 g/mol. The number of amides is 2. The number of carbonyl (C=O) groups excluding carboxylic acids is 2. The van der Waals surface area contributed by atoms with Gasteiger partial charge in [-0.05, 0) is 76.4 Å². The molecule has 0 saturated carbocycles. The van der Waals surface area contributed by atoms with Crippen molar-refractivity contribution in [2.75, 3.05) is 11.9 Å². The predicted octanol–water partition coefficient (Wildman–Crippen LogP) is 4.70. The van der Waals surface area contributed by atoms with Crippen LogP contribution in [0.5, 0.6) is 0 Å². The van der Waals surface area contributed by atoms with Crippen LogP contribution in [0.2, 0.25) is 0 Å². The van der Waals surface area contributed by atoms with Gasteiger partial charge in [0, 0.05) is 22.8 Å². The van der Waals surface area contributed by atoms with Crippen LogP contribution in [0.1, 0.15) is 44.0 Å². The minimum atomic E-state index is -0.255. The molecule has 2 aromatic carbocycles. The summed E-state index contributed by atoms with van der Waals surface area (Å²) in [4.78, 5) is 25.2. The first-order valence-corrected chi connectivity index (χ1v) is 10.1. The second kappa shape index (κ2) is 8.57. The van der Waals surface area contributed by atoms with Gasteiger partial charge in [-0.25, -0.2) is 0 Å². The van der Waals surface area contributed by atoms with Crippen molar-refractivity contribution in [2.45, 2.75) is 41.5 Å². The average Bonchev–Trinajstić information content (AvgIpc) is 2.97. The molecule has 2 N–H and O–H groups in total. The van der Waals surface area contributed by atoms with E-state index in [0.717, 1.165) is 45.0 Å². The van der Waals surface area contributed by atoms with Crippen LogP contribution in [-0.4, -0.2) is 22.9 Å². The minimum Gasteiger partial charge on any atom is -0.343 e. The molecule has 1 heterocycles. The second-order valence-electron chi connectivity index (χ2n) is 7.96. The molecule has 0 saturated heterocycles. The van der Waals surface area contributed by atoms with Gasteiger partial charge in [-0.15, -0.1) is 0 Å². The fraction of sp³-hybridized carbons (Fsp3) is 0.280. The highest BCUT2D eigenvalue weighted by molar-refractivity contribution is 6.00. The van der Waals surface area contributed by atoms with Crippen molar-refractivity contribution < 1.29 is 9.59 Å². The fourth-order valence-corrected chi connectivity index (χ4v) is 3.97. The van der Waals surface area contributed by atoms with Gasteiger partial charge in [-0.1, -0.05) is 29.8 Å². The molecule has 0 radical (unpaired) electrons. The number of aryl methyl sites for hydroxylation is 5.